The quantitative estimate of drug-likeness (QED) is 0.122. The van der Waals surface area contributed by atoms with Crippen LogP contribution in [0.3, 0.4) is 0 Å². The first kappa shape index (κ1) is 27.5. The van der Waals surface area contributed by atoms with Crippen LogP contribution in [0.25, 0.3) is 0 Å². The Labute approximate surface area is 201 Å². The minimum atomic E-state index is -0.537. The van der Waals surface area contributed by atoms with E-state index in [1.807, 2.05) is 13.8 Å². The van der Waals surface area contributed by atoms with Crippen LogP contribution in [-0.4, -0.2) is 46.9 Å². The molecule has 0 unspecified atom stereocenters. The summed E-state index contributed by atoms with van der Waals surface area (Å²) >= 11 is 2.12. The van der Waals surface area contributed by atoms with Crippen LogP contribution in [-0.2, 0) is 9.53 Å². The number of thioether (sulfide) groups is 1. The lowest BCUT2D eigenvalue weighted by Gasteiger charge is -2.27. The predicted octanol–water partition coefficient (Wildman–Crippen LogP) is 7.03. The van der Waals surface area contributed by atoms with Gasteiger partial charge in [0, 0.05) is 12.5 Å². The van der Waals surface area contributed by atoms with Crippen LogP contribution >= 0.6 is 11.8 Å². The Bertz CT molecular complexity index is 628. The van der Waals surface area contributed by atoms with Crippen molar-refractivity contribution in [1.82, 2.24) is 5.06 Å². The van der Waals surface area contributed by atoms with Crippen LogP contribution in [0.2, 0.25) is 0 Å². The Hall–Kier alpha value is -0.780. The number of nitrogens with zero attached hydrogens (tertiary/aromatic N) is 1. The normalized spacial score (nSPS) is 25.8. The highest BCUT2D eigenvalue weighted by atomic mass is 32.2. The summed E-state index contributed by atoms with van der Waals surface area (Å²) in [5.41, 5.74) is 1.09. The molecule has 2 rings (SSSR count). The van der Waals surface area contributed by atoms with Gasteiger partial charge in [-0.25, -0.2) is 5.06 Å². The smallest absolute Gasteiger partial charge is 0.251 e. The molecule has 0 aliphatic carbocycles. The van der Waals surface area contributed by atoms with Gasteiger partial charge in [-0.1, -0.05) is 64.3 Å². The number of amides is 1. The summed E-state index contributed by atoms with van der Waals surface area (Å²) in [5.74, 6) is 3.54. The van der Waals surface area contributed by atoms with Crippen molar-refractivity contribution < 1.29 is 14.7 Å². The monoisotopic (exact) mass is 465 g/mol. The van der Waals surface area contributed by atoms with Crippen molar-refractivity contribution >= 4 is 17.7 Å². The van der Waals surface area contributed by atoms with E-state index in [1.54, 1.807) is 5.57 Å². The highest BCUT2D eigenvalue weighted by Gasteiger charge is 2.47. The minimum Gasteiger partial charge on any atom is -0.374 e. The highest BCUT2D eigenvalue weighted by molar-refractivity contribution is 7.99. The van der Waals surface area contributed by atoms with Crippen molar-refractivity contribution in [2.75, 3.05) is 18.6 Å². The van der Waals surface area contributed by atoms with E-state index >= 15 is 0 Å². The number of unbranched alkanes of at least 4 members (excludes halogenated alkanes) is 2. The van der Waals surface area contributed by atoms with E-state index in [9.17, 15) is 10.0 Å². The Morgan fingerprint density at radius 2 is 1.88 bits per heavy atom. The zero-order valence-electron chi connectivity index (χ0n) is 21.1. The SMILES string of the molecule is CCCCC=C(CC)CCSC[C@@H]1[C@H](CC=CCCC(C)(C)C(=O)N(C)O)[C@@H]2CC[C@H]1O2. The summed E-state index contributed by atoms with van der Waals surface area (Å²) in [7, 11) is 1.40. The minimum absolute atomic E-state index is 0.226. The van der Waals surface area contributed by atoms with E-state index in [-0.39, 0.29) is 5.91 Å². The van der Waals surface area contributed by atoms with Crippen molar-refractivity contribution in [3.63, 3.8) is 0 Å². The molecule has 0 saturated carbocycles. The topological polar surface area (TPSA) is 49.8 Å². The summed E-state index contributed by atoms with van der Waals surface area (Å²) in [6.45, 7) is 8.34. The summed E-state index contributed by atoms with van der Waals surface area (Å²) in [6, 6.07) is 0. The number of hydroxylamine groups is 2. The van der Waals surface area contributed by atoms with Crippen LogP contribution in [0, 0.1) is 17.3 Å². The van der Waals surface area contributed by atoms with Crippen molar-refractivity contribution in [2.45, 2.75) is 104 Å². The first-order valence-corrected chi connectivity index (χ1v) is 14.0. The molecule has 0 aromatic heterocycles. The summed E-state index contributed by atoms with van der Waals surface area (Å²) < 4.78 is 6.29. The molecule has 1 amide bonds. The van der Waals surface area contributed by atoms with Crippen LogP contribution in [0.1, 0.15) is 91.9 Å². The van der Waals surface area contributed by atoms with Gasteiger partial charge in [0.25, 0.3) is 5.91 Å². The van der Waals surface area contributed by atoms with Crippen molar-refractivity contribution in [2.24, 2.45) is 17.3 Å². The number of rotatable bonds is 15. The van der Waals surface area contributed by atoms with Gasteiger partial charge in [-0.15, -0.1) is 0 Å². The molecule has 184 valence electrons. The maximum atomic E-state index is 12.0. The molecule has 2 heterocycles. The number of allylic oxidation sites excluding steroid dienone is 4. The molecule has 0 spiro atoms. The fraction of sp³-hybridized carbons (Fsp3) is 0.815. The molecule has 2 aliphatic rings. The number of hydrogen-bond acceptors (Lipinski definition) is 4. The molecule has 2 aliphatic heterocycles. The zero-order valence-corrected chi connectivity index (χ0v) is 22.0. The van der Waals surface area contributed by atoms with E-state index in [4.69, 9.17) is 4.74 Å². The first-order chi connectivity index (χ1) is 15.3. The molecule has 2 bridgehead atoms. The zero-order chi connectivity index (χ0) is 23.6. The average molecular weight is 466 g/mol. The van der Waals surface area contributed by atoms with Gasteiger partial charge in [-0.2, -0.15) is 11.8 Å². The molecule has 4 atom stereocenters. The van der Waals surface area contributed by atoms with E-state index < -0.39 is 5.41 Å². The van der Waals surface area contributed by atoms with Gasteiger partial charge in [0.2, 0.25) is 0 Å². The van der Waals surface area contributed by atoms with Gasteiger partial charge in [0.1, 0.15) is 0 Å². The van der Waals surface area contributed by atoms with E-state index in [2.05, 4.69) is 43.8 Å². The van der Waals surface area contributed by atoms with Gasteiger partial charge < -0.3 is 4.74 Å². The molecular formula is C27H47NO3S. The number of fused-ring (bicyclic) bond motifs is 2. The third kappa shape index (κ3) is 8.22. The Kier molecular flexibility index (Phi) is 11.9. The molecule has 4 nitrogen and oxygen atoms in total. The number of ether oxygens (including phenoxy) is 1. The molecular weight excluding hydrogens is 418 g/mol. The maximum Gasteiger partial charge on any atom is 0.251 e. The lowest BCUT2D eigenvalue weighted by Crippen LogP contribution is -2.36. The molecule has 2 fully saturated rings. The van der Waals surface area contributed by atoms with Crippen molar-refractivity contribution in [1.29, 1.82) is 0 Å². The fourth-order valence-electron chi connectivity index (χ4n) is 5.14. The predicted molar refractivity (Wildman–Crippen MR) is 136 cm³/mol. The number of carbonyl (C=O) groups excluding carboxylic acids is 1. The fourth-order valence-corrected chi connectivity index (χ4v) is 6.45. The van der Waals surface area contributed by atoms with Crippen LogP contribution in [0.15, 0.2) is 23.8 Å². The van der Waals surface area contributed by atoms with E-state index in [0.29, 0.717) is 29.1 Å². The van der Waals surface area contributed by atoms with Crippen molar-refractivity contribution in [3.05, 3.63) is 23.8 Å². The lowest BCUT2D eigenvalue weighted by molar-refractivity contribution is -0.169. The number of hydrogen-bond donors (Lipinski definition) is 1. The Morgan fingerprint density at radius 3 is 2.53 bits per heavy atom. The van der Waals surface area contributed by atoms with E-state index in [1.165, 1.54) is 63.5 Å². The van der Waals surface area contributed by atoms with Gasteiger partial charge in [0.05, 0.1) is 12.2 Å². The second kappa shape index (κ2) is 13.8. The standard InChI is InChI=1S/C27H47NO3S/c1-6-8-10-13-21(7-2)17-19-32-20-23-22(24-15-16-25(23)31-24)14-11-9-12-18-27(3,4)26(29)28(5)30/h9,11,13,22-25,30H,6-8,10,12,14-20H2,1-5H3/t22-,23+,24-,25+/m0/s1. The molecule has 5 heteroatoms. The van der Waals surface area contributed by atoms with Gasteiger partial charge in [0.15, 0.2) is 0 Å². The third-order valence-corrected chi connectivity index (χ3v) is 8.41. The molecule has 2 saturated heterocycles. The summed E-state index contributed by atoms with van der Waals surface area (Å²) in [4.78, 5) is 12.0. The first-order valence-electron chi connectivity index (χ1n) is 12.8. The summed E-state index contributed by atoms with van der Waals surface area (Å²) in [5, 5.41) is 10.1. The molecule has 0 aromatic rings. The van der Waals surface area contributed by atoms with Crippen molar-refractivity contribution in [3.8, 4) is 0 Å². The van der Waals surface area contributed by atoms with Crippen LogP contribution < -0.4 is 0 Å². The number of carbonyl (C=O) groups is 1. The lowest BCUT2D eigenvalue weighted by atomic mass is 9.78. The second-order valence-corrected chi connectivity index (χ2v) is 11.4. The van der Waals surface area contributed by atoms with Crippen LogP contribution in [0.5, 0.6) is 0 Å². The van der Waals surface area contributed by atoms with Gasteiger partial charge >= 0.3 is 0 Å². The summed E-state index contributed by atoms with van der Waals surface area (Å²) in [6.07, 6.45) is 19.3. The largest absolute Gasteiger partial charge is 0.374 e. The maximum absolute atomic E-state index is 12.0. The molecule has 0 radical (unpaired) electrons. The van der Waals surface area contributed by atoms with Gasteiger partial charge in [-0.05, 0) is 74.7 Å². The Morgan fingerprint density at radius 1 is 1.16 bits per heavy atom. The molecule has 1 N–H and O–H groups in total. The van der Waals surface area contributed by atoms with Crippen LogP contribution in [0.4, 0.5) is 0 Å². The average Bonchev–Trinajstić information content (AvgIpc) is 3.36. The second-order valence-electron chi connectivity index (χ2n) is 10.3. The molecule has 0 aromatic carbocycles. The Balaban J connectivity index is 1.75. The molecule has 32 heavy (non-hydrogen) atoms. The third-order valence-electron chi connectivity index (χ3n) is 7.30. The van der Waals surface area contributed by atoms with E-state index in [0.717, 1.165) is 19.3 Å². The highest BCUT2D eigenvalue weighted by Crippen LogP contribution is 2.46. The van der Waals surface area contributed by atoms with Gasteiger partial charge in [-0.3, -0.25) is 10.0 Å².